The maximum Gasteiger partial charge on any atom is 0.223 e. The van der Waals surface area contributed by atoms with Gasteiger partial charge in [0, 0.05) is 45.1 Å². The molecule has 3 aliphatic rings. The van der Waals surface area contributed by atoms with Gasteiger partial charge >= 0.3 is 0 Å². The smallest absolute Gasteiger partial charge is 0.223 e. The maximum atomic E-state index is 12.6. The second-order valence-electron chi connectivity index (χ2n) is 7.92. The van der Waals surface area contributed by atoms with Crippen LogP contribution in [0.3, 0.4) is 0 Å². The third-order valence-electron chi connectivity index (χ3n) is 6.16. The molecule has 5 heteroatoms. The Bertz CT molecular complexity index is 662. The van der Waals surface area contributed by atoms with Crippen LogP contribution in [0.5, 0.6) is 0 Å². The first-order chi connectivity index (χ1) is 12.7. The van der Waals surface area contributed by atoms with Gasteiger partial charge in [-0.25, -0.2) is 0 Å². The van der Waals surface area contributed by atoms with Crippen molar-refractivity contribution in [2.45, 2.75) is 56.6 Å². The third-order valence-corrected chi connectivity index (χ3v) is 6.16. The first kappa shape index (κ1) is 17.5. The van der Waals surface area contributed by atoms with E-state index in [4.69, 9.17) is 4.74 Å². The molecule has 0 radical (unpaired) electrons. The maximum absolute atomic E-state index is 12.6. The van der Waals surface area contributed by atoms with E-state index < -0.39 is 0 Å². The predicted molar refractivity (Wildman–Crippen MR) is 98.6 cm³/mol. The van der Waals surface area contributed by atoms with Gasteiger partial charge in [-0.05, 0) is 37.7 Å². The van der Waals surface area contributed by atoms with Crippen LogP contribution in [-0.2, 0) is 20.7 Å². The lowest BCUT2D eigenvalue weighted by atomic mass is 9.89. The van der Waals surface area contributed by atoms with E-state index >= 15 is 0 Å². The van der Waals surface area contributed by atoms with Crippen molar-refractivity contribution in [1.82, 2.24) is 9.80 Å². The van der Waals surface area contributed by atoms with Gasteiger partial charge in [-0.2, -0.15) is 0 Å². The van der Waals surface area contributed by atoms with Crippen molar-refractivity contribution in [3.8, 4) is 0 Å². The van der Waals surface area contributed by atoms with E-state index in [9.17, 15) is 9.59 Å². The van der Waals surface area contributed by atoms with E-state index in [1.165, 1.54) is 5.56 Å². The molecule has 1 spiro atoms. The number of ether oxygens (including phenoxy) is 1. The van der Waals surface area contributed by atoms with Gasteiger partial charge < -0.3 is 14.5 Å². The highest BCUT2D eigenvalue weighted by molar-refractivity contribution is 5.78. The average molecular weight is 356 g/mol. The van der Waals surface area contributed by atoms with E-state index in [1.54, 1.807) is 0 Å². The van der Waals surface area contributed by atoms with Crippen LogP contribution < -0.4 is 0 Å². The minimum Gasteiger partial charge on any atom is -0.373 e. The number of carbonyl (C=O) groups excluding carboxylic acids is 2. The summed E-state index contributed by atoms with van der Waals surface area (Å²) in [6, 6.07) is 10.5. The van der Waals surface area contributed by atoms with E-state index in [0.717, 1.165) is 45.2 Å². The fraction of sp³-hybridized carbons (Fsp3) is 0.619. The van der Waals surface area contributed by atoms with Crippen molar-refractivity contribution >= 4 is 11.8 Å². The first-order valence-corrected chi connectivity index (χ1v) is 9.90. The molecule has 0 aromatic heterocycles. The molecule has 0 bridgehead atoms. The molecule has 2 amide bonds. The van der Waals surface area contributed by atoms with Gasteiger partial charge in [0.05, 0.1) is 5.60 Å². The topological polar surface area (TPSA) is 49.9 Å². The second kappa shape index (κ2) is 7.39. The number of rotatable bonds is 4. The Hall–Kier alpha value is -1.88. The molecule has 1 aromatic rings. The van der Waals surface area contributed by atoms with Gasteiger partial charge in [0.25, 0.3) is 0 Å². The molecule has 0 N–H and O–H groups in total. The van der Waals surface area contributed by atoms with Crippen LogP contribution in [0.4, 0.5) is 0 Å². The average Bonchev–Trinajstić information content (AvgIpc) is 3.27. The fourth-order valence-corrected chi connectivity index (χ4v) is 4.72. The molecule has 3 aliphatic heterocycles. The van der Waals surface area contributed by atoms with Crippen molar-refractivity contribution in [3.05, 3.63) is 35.9 Å². The quantitative estimate of drug-likeness (QED) is 0.832. The number of amides is 2. The third kappa shape index (κ3) is 3.63. The molecule has 4 rings (SSSR count). The largest absolute Gasteiger partial charge is 0.373 e. The van der Waals surface area contributed by atoms with Gasteiger partial charge in [0.2, 0.25) is 11.8 Å². The zero-order valence-corrected chi connectivity index (χ0v) is 15.4. The van der Waals surface area contributed by atoms with E-state index in [2.05, 4.69) is 17.0 Å². The van der Waals surface area contributed by atoms with E-state index in [1.807, 2.05) is 23.1 Å². The summed E-state index contributed by atoms with van der Waals surface area (Å²) < 4.78 is 6.16. The Labute approximate surface area is 155 Å². The summed E-state index contributed by atoms with van der Waals surface area (Å²) in [7, 11) is 0. The fourth-order valence-electron chi connectivity index (χ4n) is 4.72. The summed E-state index contributed by atoms with van der Waals surface area (Å²) in [6.45, 7) is 3.03. The summed E-state index contributed by atoms with van der Waals surface area (Å²) in [5, 5.41) is 0. The van der Waals surface area contributed by atoms with Crippen molar-refractivity contribution in [2.24, 2.45) is 0 Å². The lowest BCUT2D eigenvalue weighted by Crippen LogP contribution is -2.50. The van der Waals surface area contributed by atoms with E-state index in [0.29, 0.717) is 31.9 Å². The Morgan fingerprint density at radius 2 is 2.08 bits per heavy atom. The molecular formula is C21H28N2O3. The summed E-state index contributed by atoms with van der Waals surface area (Å²) in [4.78, 5) is 28.8. The lowest BCUT2D eigenvalue weighted by Gasteiger charge is -2.41. The highest BCUT2D eigenvalue weighted by Gasteiger charge is 2.46. The van der Waals surface area contributed by atoms with Crippen molar-refractivity contribution in [1.29, 1.82) is 0 Å². The summed E-state index contributed by atoms with van der Waals surface area (Å²) in [5.74, 6) is 0.509. The molecule has 1 aromatic carbocycles. The molecule has 0 saturated carbocycles. The lowest BCUT2D eigenvalue weighted by molar-refractivity contribution is -0.140. The Kier molecular flexibility index (Phi) is 4.98. The number of likely N-dealkylation sites (tertiary alicyclic amines) is 2. The minimum atomic E-state index is -0.242. The van der Waals surface area contributed by atoms with Gasteiger partial charge in [0.15, 0.2) is 0 Å². The second-order valence-corrected chi connectivity index (χ2v) is 7.92. The van der Waals surface area contributed by atoms with Crippen LogP contribution in [0.1, 0.15) is 44.1 Å². The standard InChI is InChI=1S/C21H28N2O3/c24-19(9-8-17-5-2-1-3-6-17)22-13-11-21(16-22)15-18(10-14-26-21)23-12-4-7-20(23)25/h1-3,5-6,18H,4,7-16H2/t18-,21+/m0/s1. The minimum absolute atomic E-state index is 0.216. The van der Waals surface area contributed by atoms with Crippen LogP contribution in [0.2, 0.25) is 0 Å². The van der Waals surface area contributed by atoms with Gasteiger partial charge in [0.1, 0.15) is 0 Å². The van der Waals surface area contributed by atoms with Crippen LogP contribution in [0, 0.1) is 0 Å². The molecule has 3 heterocycles. The van der Waals surface area contributed by atoms with E-state index in [-0.39, 0.29) is 17.6 Å². The summed E-state index contributed by atoms with van der Waals surface area (Å²) in [5.41, 5.74) is 0.963. The molecule has 3 fully saturated rings. The molecular weight excluding hydrogens is 328 g/mol. The van der Waals surface area contributed by atoms with Gasteiger partial charge in [-0.15, -0.1) is 0 Å². The predicted octanol–water partition coefficient (Wildman–Crippen LogP) is 2.39. The zero-order valence-electron chi connectivity index (χ0n) is 15.4. The first-order valence-electron chi connectivity index (χ1n) is 9.90. The zero-order chi connectivity index (χ0) is 18.0. The molecule has 0 unspecified atom stereocenters. The van der Waals surface area contributed by atoms with Crippen LogP contribution in [-0.4, -0.2) is 59.5 Å². The monoisotopic (exact) mass is 356 g/mol. The normalized spacial score (nSPS) is 28.9. The van der Waals surface area contributed by atoms with Crippen molar-refractivity contribution in [3.63, 3.8) is 0 Å². The molecule has 0 aliphatic carbocycles. The molecule has 5 nitrogen and oxygen atoms in total. The van der Waals surface area contributed by atoms with Crippen LogP contribution in [0.25, 0.3) is 0 Å². The molecule has 2 atom stereocenters. The number of nitrogens with zero attached hydrogens (tertiary/aromatic N) is 2. The highest BCUT2D eigenvalue weighted by Crippen LogP contribution is 2.37. The van der Waals surface area contributed by atoms with Gasteiger partial charge in [-0.3, -0.25) is 9.59 Å². The molecule has 3 saturated heterocycles. The number of hydrogen-bond donors (Lipinski definition) is 0. The highest BCUT2D eigenvalue weighted by atomic mass is 16.5. The van der Waals surface area contributed by atoms with Crippen LogP contribution >= 0.6 is 0 Å². The number of benzene rings is 1. The summed E-state index contributed by atoms with van der Waals surface area (Å²) >= 11 is 0. The molecule has 140 valence electrons. The number of aryl methyl sites for hydroxylation is 1. The molecule has 26 heavy (non-hydrogen) atoms. The number of carbonyl (C=O) groups is 2. The van der Waals surface area contributed by atoms with Crippen molar-refractivity contribution < 1.29 is 14.3 Å². The van der Waals surface area contributed by atoms with Gasteiger partial charge in [-0.1, -0.05) is 30.3 Å². The Balaban J connectivity index is 1.33. The number of hydrogen-bond acceptors (Lipinski definition) is 3. The Morgan fingerprint density at radius 3 is 2.85 bits per heavy atom. The Morgan fingerprint density at radius 1 is 1.23 bits per heavy atom. The van der Waals surface area contributed by atoms with Crippen molar-refractivity contribution in [2.75, 3.05) is 26.2 Å². The SMILES string of the molecule is O=C(CCc1ccccc1)N1CC[C@@]2(C[C@@H](N3CCCC3=O)CCO2)C1. The summed E-state index contributed by atoms with van der Waals surface area (Å²) in [6.07, 6.45) is 5.70. The van der Waals surface area contributed by atoms with Crippen LogP contribution in [0.15, 0.2) is 30.3 Å².